The first-order valence-corrected chi connectivity index (χ1v) is 8.86. The van der Waals surface area contributed by atoms with Gasteiger partial charge in [0.2, 0.25) is 0 Å². The fourth-order valence-corrected chi connectivity index (χ4v) is 3.44. The van der Waals surface area contributed by atoms with Crippen LogP contribution in [-0.4, -0.2) is 35.0 Å². The second-order valence-corrected chi connectivity index (χ2v) is 7.00. The molecule has 0 aromatic heterocycles. The summed E-state index contributed by atoms with van der Waals surface area (Å²) in [4.78, 5) is 12.2. The first-order valence-electron chi connectivity index (χ1n) is 7.42. The molecule has 1 amide bonds. The zero-order valence-corrected chi connectivity index (χ0v) is 14.6. The molecule has 0 heterocycles. The summed E-state index contributed by atoms with van der Waals surface area (Å²) in [5.74, 6) is -0.0592. The summed E-state index contributed by atoms with van der Waals surface area (Å²) >= 11 is 0. The second kappa shape index (κ2) is 7.35. The molecule has 0 atom stereocenters. The van der Waals surface area contributed by atoms with Crippen molar-refractivity contribution in [2.45, 2.75) is 11.8 Å². The van der Waals surface area contributed by atoms with Gasteiger partial charge >= 0.3 is 0 Å². The summed E-state index contributed by atoms with van der Waals surface area (Å²) in [6, 6.07) is 13.0. The SMILES string of the molecule is CCNC(=O)c1cc(S(=O)(=O)N(C)c2ccccc2)ccc1OC. The summed E-state index contributed by atoms with van der Waals surface area (Å²) in [7, 11) is -0.884. The lowest BCUT2D eigenvalue weighted by Crippen LogP contribution is -2.27. The monoisotopic (exact) mass is 348 g/mol. The third-order valence-electron chi connectivity index (χ3n) is 3.53. The molecule has 24 heavy (non-hydrogen) atoms. The van der Waals surface area contributed by atoms with Crippen LogP contribution >= 0.6 is 0 Å². The van der Waals surface area contributed by atoms with Gasteiger partial charge in [0.1, 0.15) is 5.75 Å². The zero-order chi connectivity index (χ0) is 17.7. The van der Waals surface area contributed by atoms with Crippen molar-refractivity contribution in [3.63, 3.8) is 0 Å². The fraction of sp³-hybridized carbons (Fsp3) is 0.235. The highest BCUT2D eigenvalue weighted by molar-refractivity contribution is 7.92. The van der Waals surface area contributed by atoms with Crippen LogP contribution in [0.3, 0.4) is 0 Å². The van der Waals surface area contributed by atoms with Gasteiger partial charge < -0.3 is 10.1 Å². The summed E-state index contributed by atoms with van der Waals surface area (Å²) in [5, 5.41) is 2.65. The molecular formula is C17H20N2O4S. The minimum Gasteiger partial charge on any atom is -0.496 e. The maximum absolute atomic E-state index is 12.8. The number of methoxy groups -OCH3 is 1. The van der Waals surface area contributed by atoms with Crippen LogP contribution in [0.25, 0.3) is 0 Å². The summed E-state index contributed by atoms with van der Waals surface area (Å²) < 4.78 is 32.0. The van der Waals surface area contributed by atoms with Crippen molar-refractivity contribution in [1.29, 1.82) is 0 Å². The smallest absolute Gasteiger partial charge is 0.264 e. The Morgan fingerprint density at radius 2 is 1.83 bits per heavy atom. The van der Waals surface area contributed by atoms with Crippen LogP contribution in [0, 0.1) is 0 Å². The van der Waals surface area contributed by atoms with Crippen molar-refractivity contribution in [2.75, 3.05) is 25.0 Å². The molecule has 2 aromatic rings. The van der Waals surface area contributed by atoms with E-state index in [2.05, 4.69) is 5.32 Å². The van der Waals surface area contributed by atoms with Crippen molar-refractivity contribution in [3.05, 3.63) is 54.1 Å². The normalized spacial score (nSPS) is 11.0. The van der Waals surface area contributed by atoms with Crippen LogP contribution in [-0.2, 0) is 10.0 Å². The van der Waals surface area contributed by atoms with E-state index >= 15 is 0 Å². The van der Waals surface area contributed by atoms with Crippen LogP contribution in [0.1, 0.15) is 17.3 Å². The number of para-hydroxylation sites is 1. The largest absolute Gasteiger partial charge is 0.496 e. The number of hydrogen-bond donors (Lipinski definition) is 1. The molecule has 0 saturated carbocycles. The molecule has 0 unspecified atom stereocenters. The molecular weight excluding hydrogens is 328 g/mol. The molecule has 0 fully saturated rings. The number of carbonyl (C=O) groups is 1. The first kappa shape index (κ1) is 17.8. The van der Waals surface area contributed by atoms with Crippen LogP contribution in [0.2, 0.25) is 0 Å². The third kappa shape index (κ3) is 3.51. The first-order chi connectivity index (χ1) is 11.4. The molecule has 0 aliphatic heterocycles. The van der Waals surface area contributed by atoms with E-state index in [1.54, 1.807) is 31.2 Å². The number of nitrogens with one attached hydrogen (secondary N) is 1. The standard InChI is InChI=1S/C17H20N2O4S/c1-4-18-17(20)15-12-14(10-11-16(15)23-3)24(21,22)19(2)13-8-6-5-7-9-13/h5-12H,4H2,1-3H3,(H,18,20). The van der Waals surface area contributed by atoms with Gasteiger partial charge in [-0.3, -0.25) is 9.10 Å². The fourth-order valence-electron chi connectivity index (χ4n) is 2.22. The lowest BCUT2D eigenvalue weighted by molar-refractivity contribution is 0.0952. The molecule has 0 saturated heterocycles. The minimum atomic E-state index is -3.79. The topological polar surface area (TPSA) is 75.7 Å². The zero-order valence-electron chi connectivity index (χ0n) is 13.8. The van der Waals surface area contributed by atoms with Gasteiger partial charge in [-0.1, -0.05) is 18.2 Å². The summed E-state index contributed by atoms with van der Waals surface area (Å²) in [6.45, 7) is 2.22. The maximum Gasteiger partial charge on any atom is 0.264 e. The highest BCUT2D eigenvalue weighted by Gasteiger charge is 2.24. The molecule has 0 aliphatic carbocycles. The number of amides is 1. The lowest BCUT2D eigenvalue weighted by atomic mass is 10.2. The summed E-state index contributed by atoms with van der Waals surface area (Å²) in [6.07, 6.45) is 0. The number of hydrogen-bond acceptors (Lipinski definition) is 4. The van der Waals surface area contributed by atoms with Crippen LogP contribution in [0.4, 0.5) is 5.69 Å². The third-order valence-corrected chi connectivity index (χ3v) is 5.31. The Kier molecular flexibility index (Phi) is 5.46. The van der Waals surface area contributed by atoms with Crippen LogP contribution in [0.15, 0.2) is 53.4 Å². The van der Waals surface area contributed by atoms with Gasteiger partial charge in [0.25, 0.3) is 15.9 Å². The van der Waals surface area contributed by atoms with Crippen molar-refractivity contribution in [1.82, 2.24) is 5.32 Å². The van der Waals surface area contributed by atoms with E-state index in [0.717, 1.165) is 0 Å². The van der Waals surface area contributed by atoms with E-state index < -0.39 is 10.0 Å². The molecule has 2 aromatic carbocycles. The Balaban J connectivity index is 2.47. The van der Waals surface area contributed by atoms with E-state index in [0.29, 0.717) is 18.0 Å². The van der Waals surface area contributed by atoms with E-state index in [-0.39, 0.29) is 16.4 Å². The van der Waals surface area contributed by atoms with E-state index in [9.17, 15) is 13.2 Å². The van der Waals surface area contributed by atoms with Crippen molar-refractivity contribution < 1.29 is 17.9 Å². The second-order valence-electron chi connectivity index (χ2n) is 5.03. The number of sulfonamides is 1. The quantitative estimate of drug-likeness (QED) is 0.869. The average molecular weight is 348 g/mol. The van der Waals surface area contributed by atoms with Crippen LogP contribution in [0.5, 0.6) is 5.75 Å². The van der Waals surface area contributed by atoms with Gasteiger partial charge in [0.05, 0.1) is 23.3 Å². The maximum atomic E-state index is 12.8. The molecule has 0 aliphatic rings. The molecule has 7 heteroatoms. The van der Waals surface area contributed by atoms with Crippen molar-refractivity contribution in [2.24, 2.45) is 0 Å². The number of anilines is 1. The van der Waals surface area contributed by atoms with Gasteiger partial charge in [0.15, 0.2) is 0 Å². The van der Waals surface area contributed by atoms with Gasteiger partial charge in [-0.15, -0.1) is 0 Å². The molecule has 0 radical (unpaired) electrons. The number of benzene rings is 2. The number of rotatable bonds is 6. The Hall–Kier alpha value is -2.54. The predicted octanol–water partition coefficient (Wildman–Crippen LogP) is 2.27. The Labute approximate surface area is 142 Å². The van der Waals surface area contributed by atoms with Crippen molar-refractivity contribution in [3.8, 4) is 5.75 Å². The molecule has 1 N–H and O–H groups in total. The average Bonchev–Trinajstić information content (AvgIpc) is 2.61. The van der Waals surface area contributed by atoms with Gasteiger partial charge in [-0.25, -0.2) is 8.42 Å². The Bertz CT molecular complexity index is 820. The number of carbonyl (C=O) groups excluding carboxylic acids is 1. The van der Waals surface area contributed by atoms with Gasteiger partial charge in [-0.2, -0.15) is 0 Å². The minimum absolute atomic E-state index is 0.0240. The van der Waals surface area contributed by atoms with E-state index in [1.807, 2.05) is 6.07 Å². The Morgan fingerprint density at radius 3 is 2.42 bits per heavy atom. The molecule has 0 spiro atoms. The van der Waals surface area contributed by atoms with E-state index in [4.69, 9.17) is 4.74 Å². The highest BCUT2D eigenvalue weighted by atomic mass is 32.2. The van der Waals surface area contributed by atoms with Crippen LogP contribution < -0.4 is 14.4 Å². The number of ether oxygens (including phenoxy) is 1. The molecule has 2 rings (SSSR count). The molecule has 0 bridgehead atoms. The number of nitrogens with zero attached hydrogens (tertiary/aromatic N) is 1. The highest BCUT2D eigenvalue weighted by Crippen LogP contribution is 2.26. The van der Waals surface area contributed by atoms with E-state index in [1.165, 1.54) is 36.7 Å². The van der Waals surface area contributed by atoms with Crippen molar-refractivity contribution >= 4 is 21.6 Å². The van der Waals surface area contributed by atoms with Gasteiger partial charge in [0, 0.05) is 13.6 Å². The summed E-state index contributed by atoms with van der Waals surface area (Å²) in [5.41, 5.74) is 0.717. The molecule has 128 valence electrons. The van der Waals surface area contributed by atoms with Gasteiger partial charge in [-0.05, 0) is 37.3 Å². The molecule has 6 nitrogen and oxygen atoms in total. The predicted molar refractivity (Wildman–Crippen MR) is 93.0 cm³/mol. The lowest BCUT2D eigenvalue weighted by Gasteiger charge is -2.20. The Morgan fingerprint density at radius 1 is 1.17 bits per heavy atom.